The zero-order valence-corrected chi connectivity index (χ0v) is 12.6. The first-order valence-electron chi connectivity index (χ1n) is 7.60. The molecular formula is C15H20N4O3. The van der Waals surface area contributed by atoms with E-state index < -0.39 is 0 Å². The van der Waals surface area contributed by atoms with E-state index in [4.69, 9.17) is 4.74 Å². The van der Waals surface area contributed by atoms with Gasteiger partial charge < -0.3 is 14.5 Å². The molecule has 2 saturated heterocycles. The van der Waals surface area contributed by atoms with Crippen LogP contribution in [0.2, 0.25) is 0 Å². The Kier molecular flexibility index (Phi) is 4.22. The van der Waals surface area contributed by atoms with Crippen molar-refractivity contribution in [1.29, 1.82) is 0 Å². The molecule has 0 aliphatic carbocycles. The van der Waals surface area contributed by atoms with Crippen LogP contribution in [0.5, 0.6) is 5.88 Å². The number of likely N-dealkylation sites (tertiary alicyclic amines) is 2. The Hall–Kier alpha value is -2.18. The lowest BCUT2D eigenvalue weighted by Gasteiger charge is -2.33. The molecule has 7 heteroatoms. The minimum absolute atomic E-state index is 0.0548. The molecule has 0 radical (unpaired) electrons. The number of carbonyl (C=O) groups excluding carboxylic acids is 2. The van der Waals surface area contributed by atoms with Crippen molar-refractivity contribution in [3.05, 3.63) is 18.3 Å². The van der Waals surface area contributed by atoms with Gasteiger partial charge in [0.1, 0.15) is 6.10 Å². The number of piperidine rings is 1. The molecule has 2 amide bonds. The summed E-state index contributed by atoms with van der Waals surface area (Å²) in [5, 5.41) is 7.69. The fraction of sp³-hybridized carbons (Fsp3) is 0.600. The van der Waals surface area contributed by atoms with E-state index in [1.54, 1.807) is 30.3 Å². The van der Waals surface area contributed by atoms with Gasteiger partial charge >= 0.3 is 0 Å². The molecule has 1 aromatic rings. The van der Waals surface area contributed by atoms with Crippen molar-refractivity contribution in [2.45, 2.75) is 25.4 Å². The summed E-state index contributed by atoms with van der Waals surface area (Å²) in [6.45, 7) is 1.87. The van der Waals surface area contributed by atoms with E-state index in [9.17, 15) is 9.59 Å². The number of hydrogen-bond donors (Lipinski definition) is 0. The minimum Gasteiger partial charge on any atom is -0.473 e. The van der Waals surface area contributed by atoms with Crippen molar-refractivity contribution in [3.63, 3.8) is 0 Å². The molecule has 0 unspecified atom stereocenters. The minimum atomic E-state index is -0.185. The molecule has 1 atom stereocenters. The van der Waals surface area contributed by atoms with Crippen LogP contribution in [-0.4, -0.2) is 64.6 Å². The average molecular weight is 304 g/mol. The first-order valence-corrected chi connectivity index (χ1v) is 7.60. The van der Waals surface area contributed by atoms with Crippen LogP contribution in [0.1, 0.15) is 19.3 Å². The normalized spacial score (nSPS) is 23.0. The molecule has 3 rings (SSSR count). The number of nitrogens with zero attached hydrogens (tertiary/aromatic N) is 4. The van der Waals surface area contributed by atoms with Crippen molar-refractivity contribution in [2.24, 2.45) is 5.92 Å². The second-order valence-corrected chi connectivity index (χ2v) is 5.88. The zero-order valence-electron chi connectivity index (χ0n) is 12.6. The summed E-state index contributed by atoms with van der Waals surface area (Å²) >= 11 is 0. The fourth-order valence-electron chi connectivity index (χ4n) is 3.00. The third kappa shape index (κ3) is 3.18. The van der Waals surface area contributed by atoms with E-state index in [1.165, 1.54) is 0 Å². The van der Waals surface area contributed by atoms with Gasteiger partial charge in [0.2, 0.25) is 17.7 Å². The average Bonchev–Trinajstić information content (AvgIpc) is 2.88. The molecule has 0 aromatic carbocycles. The number of amides is 2. The highest BCUT2D eigenvalue weighted by Gasteiger charge is 2.36. The molecule has 0 spiro atoms. The molecular weight excluding hydrogens is 284 g/mol. The molecule has 0 N–H and O–H groups in total. The van der Waals surface area contributed by atoms with Crippen LogP contribution >= 0.6 is 0 Å². The molecule has 1 aromatic heterocycles. The van der Waals surface area contributed by atoms with E-state index in [0.717, 1.165) is 12.8 Å². The van der Waals surface area contributed by atoms with Crippen LogP contribution in [-0.2, 0) is 9.59 Å². The fourth-order valence-corrected chi connectivity index (χ4v) is 3.00. The highest BCUT2D eigenvalue weighted by Crippen LogP contribution is 2.22. The number of rotatable bonds is 3. The maximum Gasteiger partial charge on any atom is 0.233 e. The van der Waals surface area contributed by atoms with E-state index in [1.807, 2.05) is 4.90 Å². The van der Waals surface area contributed by atoms with E-state index >= 15 is 0 Å². The lowest BCUT2D eigenvalue weighted by atomic mass is 10.0. The molecule has 3 heterocycles. The summed E-state index contributed by atoms with van der Waals surface area (Å²) in [5.41, 5.74) is 0. The van der Waals surface area contributed by atoms with Gasteiger partial charge in [0.15, 0.2) is 0 Å². The first kappa shape index (κ1) is 14.7. The van der Waals surface area contributed by atoms with Gasteiger partial charge in [-0.15, -0.1) is 5.10 Å². The van der Waals surface area contributed by atoms with Gasteiger partial charge in [-0.1, -0.05) is 0 Å². The molecule has 2 fully saturated rings. The summed E-state index contributed by atoms with van der Waals surface area (Å²) < 4.78 is 5.77. The maximum absolute atomic E-state index is 12.4. The first-order chi connectivity index (χ1) is 10.6. The third-order valence-corrected chi connectivity index (χ3v) is 4.28. The Bertz CT molecular complexity index is 543. The van der Waals surface area contributed by atoms with Crippen molar-refractivity contribution < 1.29 is 14.3 Å². The molecule has 2 aliphatic rings. The van der Waals surface area contributed by atoms with E-state index in [-0.39, 0.29) is 23.8 Å². The quantitative estimate of drug-likeness (QED) is 0.804. The van der Waals surface area contributed by atoms with Gasteiger partial charge in [-0.25, -0.2) is 0 Å². The van der Waals surface area contributed by atoms with Crippen LogP contribution in [0.15, 0.2) is 18.3 Å². The molecule has 0 saturated carbocycles. The molecule has 118 valence electrons. The second-order valence-electron chi connectivity index (χ2n) is 5.88. The van der Waals surface area contributed by atoms with E-state index in [0.29, 0.717) is 31.9 Å². The number of aromatic nitrogens is 2. The Morgan fingerprint density at radius 1 is 1.36 bits per heavy atom. The van der Waals surface area contributed by atoms with Crippen molar-refractivity contribution >= 4 is 11.8 Å². The van der Waals surface area contributed by atoms with Crippen LogP contribution < -0.4 is 4.74 Å². The second kappa shape index (κ2) is 6.29. The highest BCUT2D eigenvalue weighted by atomic mass is 16.5. The van der Waals surface area contributed by atoms with Crippen LogP contribution in [0.3, 0.4) is 0 Å². The summed E-state index contributed by atoms with van der Waals surface area (Å²) in [5.74, 6) is 0.486. The van der Waals surface area contributed by atoms with Crippen LogP contribution in [0, 0.1) is 5.92 Å². The standard InChI is InChI=1S/C15H20N4O3/c1-18-10-11(9-14(18)20)15(21)19-7-4-12(5-8-19)22-13-3-2-6-16-17-13/h2-3,6,11-12H,4-5,7-10H2,1H3/t11-/m0/s1. The molecule has 22 heavy (non-hydrogen) atoms. The van der Waals surface area contributed by atoms with Gasteiger partial charge in [-0.2, -0.15) is 5.10 Å². The van der Waals surface area contributed by atoms with Crippen molar-refractivity contribution in [2.75, 3.05) is 26.7 Å². The smallest absolute Gasteiger partial charge is 0.233 e. The Balaban J connectivity index is 1.49. The van der Waals surface area contributed by atoms with Crippen LogP contribution in [0.25, 0.3) is 0 Å². The highest BCUT2D eigenvalue weighted by molar-refractivity contribution is 5.89. The molecule has 0 bridgehead atoms. The lowest BCUT2D eigenvalue weighted by Crippen LogP contribution is -2.44. The number of carbonyl (C=O) groups is 2. The summed E-state index contributed by atoms with van der Waals surface area (Å²) in [4.78, 5) is 27.5. The SMILES string of the molecule is CN1C[C@@H](C(=O)N2CCC(Oc3cccnn3)CC2)CC1=O. The maximum atomic E-state index is 12.4. The summed E-state index contributed by atoms with van der Waals surface area (Å²) in [6.07, 6.45) is 3.56. The largest absolute Gasteiger partial charge is 0.473 e. The lowest BCUT2D eigenvalue weighted by molar-refractivity contribution is -0.137. The Morgan fingerprint density at radius 2 is 2.14 bits per heavy atom. The van der Waals surface area contributed by atoms with Gasteiger partial charge in [-0.3, -0.25) is 9.59 Å². The monoisotopic (exact) mass is 304 g/mol. The van der Waals surface area contributed by atoms with Gasteiger partial charge in [0.25, 0.3) is 0 Å². The number of ether oxygens (including phenoxy) is 1. The molecule has 7 nitrogen and oxygen atoms in total. The zero-order chi connectivity index (χ0) is 15.5. The Labute approximate surface area is 129 Å². The van der Waals surface area contributed by atoms with Gasteiger partial charge in [-0.05, 0) is 6.07 Å². The van der Waals surface area contributed by atoms with Crippen molar-refractivity contribution in [1.82, 2.24) is 20.0 Å². The summed E-state index contributed by atoms with van der Waals surface area (Å²) in [6, 6.07) is 3.57. The van der Waals surface area contributed by atoms with E-state index in [2.05, 4.69) is 10.2 Å². The van der Waals surface area contributed by atoms with Crippen molar-refractivity contribution in [3.8, 4) is 5.88 Å². The third-order valence-electron chi connectivity index (χ3n) is 4.28. The summed E-state index contributed by atoms with van der Waals surface area (Å²) in [7, 11) is 1.75. The predicted molar refractivity (Wildman–Crippen MR) is 78.0 cm³/mol. The molecule has 2 aliphatic heterocycles. The van der Waals surface area contributed by atoms with Gasteiger partial charge in [0, 0.05) is 58.2 Å². The number of hydrogen-bond acceptors (Lipinski definition) is 5. The Morgan fingerprint density at radius 3 is 2.73 bits per heavy atom. The topological polar surface area (TPSA) is 75.6 Å². The van der Waals surface area contributed by atoms with Crippen LogP contribution in [0.4, 0.5) is 0 Å². The predicted octanol–water partition coefficient (Wildman–Crippen LogP) is 0.325. The van der Waals surface area contributed by atoms with Gasteiger partial charge in [0.05, 0.1) is 5.92 Å².